The zero-order valence-electron chi connectivity index (χ0n) is 15.3. The lowest BCUT2D eigenvalue weighted by Crippen LogP contribution is -2.10. The molecule has 2 aromatic carbocycles. The molecule has 0 bridgehead atoms. The summed E-state index contributed by atoms with van der Waals surface area (Å²) in [6.45, 7) is 6.14. The van der Waals surface area contributed by atoms with Gasteiger partial charge >= 0.3 is 5.97 Å². The summed E-state index contributed by atoms with van der Waals surface area (Å²) in [5.74, 6) is -2.02. The Balaban J connectivity index is 1.94. The number of hydrogen-bond acceptors (Lipinski definition) is 4. The Morgan fingerprint density at radius 3 is 2.70 bits per heavy atom. The van der Waals surface area contributed by atoms with Crippen molar-refractivity contribution in [3.63, 3.8) is 0 Å². The average Bonchev–Trinajstić information content (AvgIpc) is 3.08. The fraction of sp³-hybridized carbons (Fsp3) is 0.286. The number of ether oxygens (including phenoxy) is 1. The number of rotatable bonds is 6. The Morgan fingerprint density at radius 2 is 2.00 bits per heavy atom. The Bertz CT molecular complexity index is 980. The molecule has 0 N–H and O–H groups in total. The van der Waals surface area contributed by atoms with Crippen LogP contribution < -0.4 is 0 Å². The topological polar surface area (TPSA) is 26.3 Å². The van der Waals surface area contributed by atoms with Gasteiger partial charge in [0, 0.05) is 25.8 Å². The van der Waals surface area contributed by atoms with Crippen LogP contribution in [0.5, 0.6) is 0 Å². The first-order valence-electron chi connectivity index (χ1n) is 8.71. The maximum Gasteiger partial charge on any atom is 0.338 e. The predicted octanol–water partition coefficient (Wildman–Crippen LogP) is 6.77. The number of thiophene rings is 1. The fourth-order valence-corrected chi connectivity index (χ4v) is 5.12. The normalized spacial score (nSPS) is 11.3. The highest BCUT2D eigenvalue weighted by Crippen LogP contribution is 2.38. The summed E-state index contributed by atoms with van der Waals surface area (Å²) < 4.78 is 34.2. The predicted molar refractivity (Wildman–Crippen MR) is 108 cm³/mol. The van der Waals surface area contributed by atoms with Gasteiger partial charge in [-0.1, -0.05) is 26.0 Å². The minimum absolute atomic E-state index is 0.0380. The molecule has 0 saturated carbocycles. The zero-order chi connectivity index (χ0) is 19.6. The minimum Gasteiger partial charge on any atom is -0.462 e. The molecule has 142 valence electrons. The van der Waals surface area contributed by atoms with Crippen molar-refractivity contribution in [2.45, 2.75) is 37.3 Å². The van der Waals surface area contributed by atoms with Crippen LogP contribution in [-0.4, -0.2) is 12.6 Å². The van der Waals surface area contributed by atoms with E-state index < -0.39 is 17.6 Å². The molecule has 0 radical (unpaired) electrons. The molecule has 0 saturated heterocycles. The van der Waals surface area contributed by atoms with Gasteiger partial charge in [0.05, 0.1) is 12.2 Å². The van der Waals surface area contributed by atoms with Crippen LogP contribution in [0.3, 0.4) is 0 Å². The van der Waals surface area contributed by atoms with Gasteiger partial charge in [-0.05, 0) is 42.5 Å². The van der Waals surface area contributed by atoms with Crippen LogP contribution >= 0.6 is 23.1 Å². The van der Waals surface area contributed by atoms with Crippen LogP contribution in [-0.2, 0) is 10.5 Å². The van der Waals surface area contributed by atoms with Crippen LogP contribution in [0, 0.1) is 11.6 Å². The summed E-state index contributed by atoms with van der Waals surface area (Å²) in [6.07, 6.45) is 0. The molecule has 2 nitrogen and oxygen atoms in total. The van der Waals surface area contributed by atoms with Crippen molar-refractivity contribution in [2.75, 3.05) is 6.61 Å². The lowest BCUT2D eigenvalue weighted by molar-refractivity contribution is 0.0524. The second-order valence-corrected chi connectivity index (χ2v) is 8.48. The molecule has 3 aromatic rings. The van der Waals surface area contributed by atoms with E-state index in [2.05, 4.69) is 26.0 Å². The number of hydrogen-bond donors (Lipinski definition) is 0. The Labute approximate surface area is 165 Å². The molecule has 0 amide bonds. The smallest absolute Gasteiger partial charge is 0.338 e. The highest BCUT2D eigenvalue weighted by atomic mass is 32.2. The molecular weight excluding hydrogens is 386 g/mol. The van der Waals surface area contributed by atoms with E-state index in [0.29, 0.717) is 5.92 Å². The maximum absolute atomic E-state index is 14.4. The van der Waals surface area contributed by atoms with Crippen LogP contribution in [0.25, 0.3) is 10.1 Å². The fourth-order valence-electron chi connectivity index (χ4n) is 2.74. The first-order chi connectivity index (χ1) is 12.9. The van der Waals surface area contributed by atoms with Crippen LogP contribution in [0.1, 0.15) is 47.5 Å². The van der Waals surface area contributed by atoms with E-state index in [0.717, 1.165) is 21.0 Å². The molecule has 0 aliphatic rings. The number of carbonyl (C=O) groups excluding carboxylic acids is 1. The van der Waals surface area contributed by atoms with Gasteiger partial charge in [0.1, 0.15) is 0 Å². The number of esters is 1. The van der Waals surface area contributed by atoms with Gasteiger partial charge in [0.2, 0.25) is 0 Å². The van der Waals surface area contributed by atoms with Crippen molar-refractivity contribution in [3.05, 3.63) is 64.0 Å². The molecule has 0 fully saturated rings. The van der Waals surface area contributed by atoms with Crippen molar-refractivity contribution < 1.29 is 18.3 Å². The monoisotopic (exact) mass is 406 g/mol. The van der Waals surface area contributed by atoms with Gasteiger partial charge in [0.25, 0.3) is 0 Å². The second-order valence-electron chi connectivity index (χ2n) is 6.37. The third kappa shape index (κ3) is 4.17. The summed E-state index contributed by atoms with van der Waals surface area (Å²) in [4.78, 5) is 14.4. The lowest BCUT2D eigenvalue weighted by atomic mass is 10.1. The molecule has 6 heteroatoms. The first kappa shape index (κ1) is 19.8. The van der Waals surface area contributed by atoms with Gasteiger partial charge in [-0.25, -0.2) is 13.6 Å². The summed E-state index contributed by atoms with van der Waals surface area (Å²) in [6, 6.07) is 10.4. The molecule has 1 heterocycles. The number of carbonyl (C=O) groups is 1. The Morgan fingerprint density at radius 1 is 1.22 bits per heavy atom. The molecule has 0 atom stereocenters. The van der Waals surface area contributed by atoms with E-state index in [-0.39, 0.29) is 23.5 Å². The highest BCUT2D eigenvalue weighted by Gasteiger charge is 2.20. The summed E-state index contributed by atoms with van der Waals surface area (Å²) >= 11 is 3.11. The van der Waals surface area contributed by atoms with E-state index >= 15 is 0 Å². The van der Waals surface area contributed by atoms with Crippen molar-refractivity contribution in [1.82, 2.24) is 0 Å². The Hall–Kier alpha value is -1.92. The summed E-state index contributed by atoms with van der Waals surface area (Å²) in [7, 11) is 0. The number of thioether (sulfide) groups is 1. The largest absolute Gasteiger partial charge is 0.462 e. The third-order valence-electron chi connectivity index (χ3n) is 4.16. The van der Waals surface area contributed by atoms with E-state index in [4.69, 9.17) is 4.74 Å². The molecule has 0 unspecified atom stereocenters. The van der Waals surface area contributed by atoms with Crippen molar-refractivity contribution >= 4 is 39.2 Å². The number of fused-ring (bicyclic) bond motifs is 1. The van der Waals surface area contributed by atoms with Crippen LogP contribution in [0.4, 0.5) is 8.78 Å². The molecule has 0 aliphatic heterocycles. The van der Waals surface area contributed by atoms with Gasteiger partial charge in [-0.15, -0.1) is 23.1 Å². The molecule has 3 rings (SSSR count). The van der Waals surface area contributed by atoms with Gasteiger partial charge in [0.15, 0.2) is 11.6 Å². The standard InChI is InChI=1S/C21H20F2O2S2/c1-4-25-21(24)14-8-9-16(22)19(23)15(14)11-26-17-7-5-6-13-10-18(12(2)3)27-20(13)17/h5-10,12H,4,11H2,1-3H3. The first-order valence-corrected chi connectivity index (χ1v) is 10.5. The summed E-state index contributed by atoms with van der Waals surface area (Å²) in [5.41, 5.74) is 0.112. The number of benzene rings is 2. The average molecular weight is 407 g/mol. The van der Waals surface area contributed by atoms with E-state index in [1.807, 2.05) is 12.1 Å². The number of halogens is 2. The van der Waals surface area contributed by atoms with Crippen LogP contribution in [0.2, 0.25) is 0 Å². The molecule has 1 aromatic heterocycles. The van der Waals surface area contributed by atoms with E-state index in [9.17, 15) is 13.6 Å². The SMILES string of the molecule is CCOC(=O)c1ccc(F)c(F)c1CSc1cccc2cc(C(C)C)sc12. The lowest BCUT2D eigenvalue weighted by Gasteiger charge is -2.11. The third-order valence-corrected chi connectivity index (χ3v) is 6.86. The van der Waals surface area contributed by atoms with E-state index in [1.54, 1.807) is 18.3 Å². The van der Waals surface area contributed by atoms with Crippen molar-refractivity contribution in [2.24, 2.45) is 0 Å². The highest BCUT2D eigenvalue weighted by molar-refractivity contribution is 7.98. The van der Waals surface area contributed by atoms with Gasteiger partial charge in [-0.2, -0.15) is 0 Å². The second kappa shape index (κ2) is 8.40. The summed E-state index contributed by atoms with van der Waals surface area (Å²) in [5, 5.41) is 1.14. The quantitative estimate of drug-likeness (QED) is 0.334. The van der Waals surface area contributed by atoms with Crippen molar-refractivity contribution in [3.8, 4) is 0 Å². The van der Waals surface area contributed by atoms with Gasteiger partial charge in [-0.3, -0.25) is 0 Å². The van der Waals surface area contributed by atoms with Gasteiger partial charge < -0.3 is 4.74 Å². The maximum atomic E-state index is 14.4. The van der Waals surface area contributed by atoms with Crippen molar-refractivity contribution in [1.29, 1.82) is 0 Å². The Kier molecular flexibility index (Phi) is 6.17. The van der Waals surface area contributed by atoms with Crippen LogP contribution in [0.15, 0.2) is 41.3 Å². The zero-order valence-corrected chi connectivity index (χ0v) is 17.0. The molecule has 27 heavy (non-hydrogen) atoms. The molecule has 0 spiro atoms. The molecule has 0 aliphatic carbocycles. The molecular formula is C21H20F2O2S2. The minimum atomic E-state index is -0.991. The van der Waals surface area contributed by atoms with E-state index in [1.165, 1.54) is 22.7 Å².